The van der Waals surface area contributed by atoms with Crippen LogP contribution in [-0.4, -0.2) is 91.6 Å². The number of aromatic nitrogens is 4. The number of nitrogens with zero attached hydrogens (tertiary/aromatic N) is 4. The molecule has 6 rings (SSSR count). The minimum absolute atomic E-state index is 0.00816. The lowest BCUT2D eigenvalue weighted by molar-refractivity contribution is -0.136. The monoisotopic (exact) mass is 554 g/mol. The molecule has 1 amide bonds. The van der Waals surface area contributed by atoms with Crippen LogP contribution < -0.4 is 0 Å². The molecule has 0 bridgehead atoms. The molecule has 40 heavy (non-hydrogen) atoms. The molecule has 212 valence electrons. The second-order valence-electron chi connectivity index (χ2n) is 10.6. The smallest absolute Gasteiger partial charge is 0.237 e. The molecule has 0 radical (unpaired) electrons. The van der Waals surface area contributed by atoms with Gasteiger partial charge in [-0.3, -0.25) is 14.8 Å². The number of carbonyl (C=O) groups is 1. The van der Waals surface area contributed by atoms with Gasteiger partial charge in [-0.2, -0.15) is 5.10 Å². The van der Waals surface area contributed by atoms with Crippen molar-refractivity contribution >= 4 is 22.4 Å². The van der Waals surface area contributed by atoms with Crippen molar-refractivity contribution in [3.8, 4) is 11.5 Å². The second-order valence-corrected chi connectivity index (χ2v) is 10.6. The Kier molecular flexibility index (Phi) is 7.15. The molecule has 3 aromatic rings. The van der Waals surface area contributed by atoms with Crippen LogP contribution in [0.25, 0.3) is 28.0 Å². The van der Waals surface area contributed by atoms with Gasteiger partial charge in [0, 0.05) is 32.5 Å². The molecule has 4 N–H and O–H groups in total. The van der Waals surface area contributed by atoms with Crippen LogP contribution in [0.2, 0.25) is 0 Å². The summed E-state index contributed by atoms with van der Waals surface area (Å²) in [5, 5.41) is 26.7. The van der Waals surface area contributed by atoms with Gasteiger partial charge < -0.3 is 24.8 Å². The van der Waals surface area contributed by atoms with Crippen LogP contribution in [0.15, 0.2) is 29.8 Å². The number of benzene rings is 1. The number of H-pyrrole nitrogens is 2. The summed E-state index contributed by atoms with van der Waals surface area (Å²) >= 11 is 0. The molecule has 4 heterocycles. The van der Waals surface area contributed by atoms with E-state index in [0.717, 1.165) is 11.4 Å². The lowest BCUT2D eigenvalue weighted by Crippen LogP contribution is -2.49. The number of aliphatic hydroxyl groups is 2. The van der Waals surface area contributed by atoms with E-state index >= 15 is 4.39 Å². The van der Waals surface area contributed by atoms with E-state index in [1.807, 2.05) is 11.8 Å². The van der Waals surface area contributed by atoms with E-state index in [9.17, 15) is 19.4 Å². The Morgan fingerprint density at radius 3 is 2.92 bits per heavy atom. The van der Waals surface area contributed by atoms with Gasteiger partial charge in [0.15, 0.2) is 11.7 Å². The number of morpholine rings is 1. The van der Waals surface area contributed by atoms with Gasteiger partial charge in [0.05, 0.1) is 54.7 Å². The van der Waals surface area contributed by atoms with Gasteiger partial charge in [-0.25, -0.2) is 13.8 Å². The van der Waals surface area contributed by atoms with Gasteiger partial charge in [-0.15, -0.1) is 0 Å². The highest BCUT2D eigenvalue weighted by Gasteiger charge is 2.29. The van der Waals surface area contributed by atoms with Crippen LogP contribution in [0.1, 0.15) is 36.7 Å². The minimum Gasteiger partial charge on any atom is -0.509 e. The van der Waals surface area contributed by atoms with Crippen LogP contribution in [-0.2, 0) is 22.5 Å². The number of nitrogens with one attached hydrogen (secondary N) is 2. The van der Waals surface area contributed by atoms with E-state index in [-0.39, 0.29) is 48.6 Å². The molecule has 2 aromatic heterocycles. The average Bonchev–Trinajstić information content (AvgIpc) is 3.58. The van der Waals surface area contributed by atoms with Crippen LogP contribution in [0.5, 0.6) is 0 Å². The Morgan fingerprint density at radius 1 is 1.27 bits per heavy atom. The number of ether oxygens (including phenoxy) is 1. The molecular weight excluding hydrogens is 522 g/mol. The number of aliphatic hydroxyl groups excluding tert-OH is 2. The fourth-order valence-corrected chi connectivity index (χ4v) is 5.85. The lowest BCUT2D eigenvalue weighted by Gasteiger charge is -2.34. The highest BCUT2D eigenvalue weighted by molar-refractivity contribution is 5.94. The van der Waals surface area contributed by atoms with E-state index in [1.54, 1.807) is 11.0 Å². The Labute approximate surface area is 229 Å². The number of halogens is 2. The van der Waals surface area contributed by atoms with Gasteiger partial charge in [0.2, 0.25) is 5.91 Å². The molecule has 1 aromatic carbocycles. The van der Waals surface area contributed by atoms with E-state index in [2.05, 4.69) is 20.2 Å². The maximum atomic E-state index is 15.5. The van der Waals surface area contributed by atoms with Crippen molar-refractivity contribution in [3.05, 3.63) is 52.6 Å². The average molecular weight is 555 g/mol. The molecule has 2 unspecified atom stereocenters. The maximum absolute atomic E-state index is 15.5. The van der Waals surface area contributed by atoms with Gasteiger partial charge in [0.25, 0.3) is 0 Å². The zero-order chi connectivity index (χ0) is 28.0. The molecule has 2 aliphatic heterocycles. The lowest BCUT2D eigenvalue weighted by atomic mass is 9.83. The number of hydrogen-bond acceptors (Lipinski definition) is 7. The summed E-state index contributed by atoms with van der Waals surface area (Å²) in [5.41, 5.74) is 3.57. The number of hydrogen-bond donors (Lipinski definition) is 4. The van der Waals surface area contributed by atoms with Crippen molar-refractivity contribution in [1.82, 2.24) is 30.0 Å². The summed E-state index contributed by atoms with van der Waals surface area (Å²) in [6.07, 6.45) is 2.42. The largest absolute Gasteiger partial charge is 0.509 e. The SMILES string of the molecule is CCC1CC(O)=C(F)C=C1c1cc(F)c2c(-c3nc4c([nH]3)CN(C(=O)CN3CCOC(CO)C3)CC4)n[nH]c2c1. The zero-order valence-electron chi connectivity index (χ0n) is 22.2. The van der Waals surface area contributed by atoms with E-state index < -0.39 is 11.6 Å². The quantitative estimate of drug-likeness (QED) is 0.368. The molecule has 0 saturated carbocycles. The first-order chi connectivity index (χ1) is 19.3. The third-order valence-corrected chi connectivity index (χ3v) is 8.07. The van der Waals surface area contributed by atoms with Gasteiger partial charge in [0.1, 0.15) is 17.3 Å². The highest BCUT2D eigenvalue weighted by Crippen LogP contribution is 2.39. The third kappa shape index (κ3) is 4.91. The molecule has 1 aliphatic carbocycles. The van der Waals surface area contributed by atoms with Crippen LogP contribution in [0.4, 0.5) is 8.78 Å². The van der Waals surface area contributed by atoms with E-state index in [4.69, 9.17) is 4.74 Å². The summed E-state index contributed by atoms with van der Waals surface area (Å²) < 4.78 is 35.2. The number of amides is 1. The first-order valence-electron chi connectivity index (χ1n) is 13.6. The van der Waals surface area contributed by atoms with Crippen molar-refractivity contribution in [2.75, 3.05) is 39.4 Å². The molecule has 1 saturated heterocycles. The number of carbonyl (C=O) groups excluding carboxylic acids is 1. The number of aromatic amines is 2. The molecular formula is C28H32F2N6O4. The molecule has 2 atom stereocenters. The van der Waals surface area contributed by atoms with Crippen molar-refractivity contribution in [3.63, 3.8) is 0 Å². The van der Waals surface area contributed by atoms with Gasteiger partial charge >= 0.3 is 0 Å². The van der Waals surface area contributed by atoms with Gasteiger partial charge in [-0.1, -0.05) is 6.92 Å². The van der Waals surface area contributed by atoms with E-state index in [1.165, 1.54) is 12.1 Å². The van der Waals surface area contributed by atoms with E-state index in [0.29, 0.717) is 73.8 Å². The summed E-state index contributed by atoms with van der Waals surface area (Å²) in [4.78, 5) is 24.7. The standard InChI is InChI=1S/C28H32F2N6O4/c1-2-15-9-24(38)19(29)10-18(15)16-7-20(30)26-22(8-16)33-34-27(26)28-31-21-3-4-36(12-23(21)32-28)25(39)13-35-5-6-40-17(11-35)14-37/h7-8,10,15,17,37-38H,2-6,9,11-14H2,1H3,(H,31,32)(H,33,34). The van der Waals surface area contributed by atoms with Crippen molar-refractivity contribution < 1.29 is 28.5 Å². The number of imidazole rings is 1. The third-order valence-electron chi connectivity index (χ3n) is 8.07. The first-order valence-corrected chi connectivity index (χ1v) is 13.6. The second kappa shape index (κ2) is 10.8. The molecule has 12 heteroatoms. The Hall–Kier alpha value is -3.61. The van der Waals surface area contributed by atoms with Crippen molar-refractivity contribution in [2.24, 2.45) is 5.92 Å². The summed E-state index contributed by atoms with van der Waals surface area (Å²) in [6, 6.07) is 3.12. The topological polar surface area (TPSA) is 131 Å². The number of fused-ring (bicyclic) bond motifs is 2. The normalized spacial score (nSPS) is 22.1. The van der Waals surface area contributed by atoms with Crippen LogP contribution >= 0.6 is 0 Å². The Morgan fingerprint density at radius 2 is 2.12 bits per heavy atom. The van der Waals surface area contributed by atoms with Gasteiger partial charge in [-0.05, 0) is 41.7 Å². The van der Waals surface area contributed by atoms with Crippen molar-refractivity contribution in [1.29, 1.82) is 0 Å². The Balaban J connectivity index is 1.22. The zero-order valence-corrected chi connectivity index (χ0v) is 22.2. The maximum Gasteiger partial charge on any atom is 0.237 e. The predicted octanol–water partition coefficient (Wildman–Crippen LogP) is 3.22. The molecule has 0 spiro atoms. The molecule has 1 fully saturated rings. The Bertz CT molecular complexity index is 1510. The number of rotatable bonds is 6. The molecule has 10 nitrogen and oxygen atoms in total. The van der Waals surface area contributed by atoms with Crippen molar-refractivity contribution in [2.45, 2.75) is 38.8 Å². The van der Waals surface area contributed by atoms with Crippen LogP contribution in [0.3, 0.4) is 0 Å². The number of allylic oxidation sites excluding steroid dienone is 4. The first kappa shape index (κ1) is 26.6. The minimum atomic E-state index is -0.696. The highest BCUT2D eigenvalue weighted by atomic mass is 19.1. The fourth-order valence-electron chi connectivity index (χ4n) is 5.85. The fraction of sp³-hybridized carbons (Fsp3) is 0.464. The predicted molar refractivity (Wildman–Crippen MR) is 143 cm³/mol. The summed E-state index contributed by atoms with van der Waals surface area (Å²) in [5.74, 6) is -1.20. The summed E-state index contributed by atoms with van der Waals surface area (Å²) in [7, 11) is 0. The summed E-state index contributed by atoms with van der Waals surface area (Å²) in [6.45, 7) is 4.65. The van der Waals surface area contributed by atoms with Crippen LogP contribution in [0, 0.1) is 11.7 Å². The molecule has 3 aliphatic rings.